The van der Waals surface area contributed by atoms with E-state index in [-0.39, 0.29) is 0 Å². The quantitative estimate of drug-likeness (QED) is 0.798. The van der Waals surface area contributed by atoms with Gasteiger partial charge in [0.15, 0.2) is 0 Å². The van der Waals surface area contributed by atoms with Crippen molar-refractivity contribution >= 4 is 17.2 Å². The SMILES string of the molecule is CNCc1c(Oc2ccc(Cl)cc2)nc2ccccn12. The second kappa shape index (κ2) is 5.53. The summed E-state index contributed by atoms with van der Waals surface area (Å²) in [6, 6.07) is 13.1. The van der Waals surface area contributed by atoms with E-state index in [0.29, 0.717) is 17.4 Å². The zero-order valence-corrected chi connectivity index (χ0v) is 11.8. The van der Waals surface area contributed by atoms with Crippen LogP contribution < -0.4 is 10.1 Å². The summed E-state index contributed by atoms with van der Waals surface area (Å²) in [6.07, 6.45) is 1.98. The molecule has 2 heterocycles. The average molecular weight is 288 g/mol. The van der Waals surface area contributed by atoms with E-state index in [9.17, 15) is 0 Å². The van der Waals surface area contributed by atoms with Crippen LogP contribution in [0.15, 0.2) is 48.7 Å². The first-order valence-corrected chi connectivity index (χ1v) is 6.69. The highest BCUT2D eigenvalue weighted by Crippen LogP contribution is 2.26. The molecular weight excluding hydrogens is 274 g/mol. The van der Waals surface area contributed by atoms with Crippen molar-refractivity contribution in [2.75, 3.05) is 7.05 Å². The van der Waals surface area contributed by atoms with Gasteiger partial charge in [0, 0.05) is 17.8 Å². The Bertz CT molecular complexity index is 722. The molecule has 0 saturated carbocycles. The highest BCUT2D eigenvalue weighted by molar-refractivity contribution is 6.30. The number of nitrogens with zero attached hydrogens (tertiary/aromatic N) is 2. The summed E-state index contributed by atoms with van der Waals surface area (Å²) in [5, 5.41) is 3.82. The number of ether oxygens (including phenoxy) is 1. The molecule has 20 heavy (non-hydrogen) atoms. The Hall–Kier alpha value is -2.04. The molecule has 4 nitrogen and oxygen atoms in total. The Morgan fingerprint density at radius 2 is 2.00 bits per heavy atom. The molecule has 102 valence electrons. The fraction of sp³-hybridized carbons (Fsp3) is 0.133. The highest BCUT2D eigenvalue weighted by Gasteiger charge is 2.13. The summed E-state index contributed by atoms with van der Waals surface area (Å²) in [6.45, 7) is 0.675. The van der Waals surface area contributed by atoms with E-state index in [1.54, 1.807) is 12.1 Å². The van der Waals surface area contributed by atoms with Crippen molar-refractivity contribution in [1.29, 1.82) is 0 Å². The van der Waals surface area contributed by atoms with Crippen molar-refractivity contribution in [3.63, 3.8) is 0 Å². The van der Waals surface area contributed by atoms with Crippen molar-refractivity contribution in [3.8, 4) is 11.6 Å². The third kappa shape index (κ3) is 2.48. The Balaban J connectivity index is 2.01. The lowest BCUT2D eigenvalue weighted by Crippen LogP contribution is -2.08. The van der Waals surface area contributed by atoms with Crippen LogP contribution in [0.25, 0.3) is 5.65 Å². The largest absolute Gasteiger partial charge is 0.437 e. The molecule has 0 spiro atoms. The number of rotatable bonds is 4. The molecule has 3 aromatic rings. The summed E-state index contributed by atoms with van der Waals surface area (Å²) < 4.78 is 7.89. The van der Waals surface area contributed by atoms with Crippen LogP contribution >= 0.6 is 11.6 Å². The second-order valence-electron chi connectivity index (χ2n) is 4.38. The van der Waals surface area contributed by atoms with Gasteiger partial charge in [-0.2, -0.15) is 4.98 Å². The van der Waals surface area contributed by atoms with Gasteiger partial charge in [-0.15, -0.1) is 0 Å². The van der Waals surface area contributed by atoms with Crippen molar-refractivity contribution in [1.82, 2.24) is 14.7 Å². The number of pyridine rings is 1. The number of hydrogen-bond acceptors (Lipinski definition) is 3. The zero-order chi connectivity index (χ0) is 13.9. The lowest BCUT2D eigenvalue weighted by Gasteiger charge is -2.06. The number of imidazole rings is 1. The maximum Gasteiger partial charge on any atom is 0.242 e. The summed E-state index contributed by atoms with van der Waals surface area (Å²) in [7, 11) is 1.90. The van der Waals surface area contributed by atoms with Gasteiger partial charge < -0.3 is 10.1 Å². The van der Waals surface area contributed by atoms with Crippen LogP contribution in [0.2, 0.25) is 5.02 Å². The fourth-order valence-electron chi connectivity index (χ4n) is 2.05. The highest BCUT2D eigenvalue weighted by atomic mass is 35.5. The number of hydrogen-bond donors (Lipinski definition) is 1. The topological polar surface area (TPSA) is 38.6 Å². The van der Waals surface area contributed by atoms with Crippen LogP contribution in [0, 0.1) is 0 Å². The van der Waals surface area contributed by atoms with E-state index in [4.69, 9.17) is 16.3 Å². The summed E-state index contributed by atoms with van der Waals surface area (Å²) in [5.41, 5.74) is 1.85. The number of nitrogens with one attached hydrogen (secondary N) is 1. The molecule has 0 saturated heterocycles. The minimum Gasteiger partial charge on any atom is -0.437 e. The van der Waals surface area contributed by atoms with Gasteiger partial charge in [-0.3, -0.25) is 4.40 Å². The molecule has 0 bridgehead atoms. The molecule has 1 N–H and O–H groups in total. The van der Waals surface area contributed by atoms with E-state index in [0.717, 1.165) is 17.1 Å². The number of halogens is 1. The van der Waals surface area contributed by atoms with Crippen LogP contribution in [-0.4, -0.2) is 16.4 Å². The summed E-state index contributed by atoms with van der Waals surface area (Å²) in [5.74, 6) is 1.32. The van der Waals surface area contributed by atoms with Crippen LogP contribution in [-0.2, 0) is 6.54 Å². The maximum atomic E-state index is 5.87. The molecule has 0 aliphatic carbocycles. The van der Waals surface area contributed by atoms with Gasteiger partial charge in [0.25, 0.3) is 0 Å². The van der Waals surface area contributed by atoms with Gasteiger partial charge in [0.2, 0.25) is 5.88 Å². The van der Waals surface area contributed by atoms with Gasteiger partial charge in [-0.1, -0.05) is 17.7 Å². The molecule has 0 radical (unpaired) electrons. The van der Waals surface area contributed by atoms with Crippen molar-refractivity contribution in [2.24, 2.45) is 0 Å². The van der Waals surface area contributed by atoms with E-state index < -0.39 is 0 Å². The van der Waals surface area contributed by atoms with E-state index in [2.05, 4.69) is 10.3 Å². The molecule has 1 aromatic carbocycles. The predicted molar refractivity (Wildman–Crippen MR) is 79.5 cm³/mol. The van der Waals surface area contributed by atoms with Gasteiger partial charge >= 0.3 is 0 Å². The minimum atomic E-state index is 0.605. The van der Waals surface area contributed by atoms with Crippen molar-refractivity contribution < 1.29 is 4.74 Å². The molecule has 3 rings (SSSR count). The van der Waals surface area contributed by atoms with Gasteiger partial charge in [-0.25, -0.2) is 0 Å². The fourth-order valence-corrected chi connectivity index (χ4v) is 2.18. The molecule has 0 unspecified atom stereocenters. The van der Waals surface area contributed by atoms with Crippen molar-refractivity contribution in [3.05, 3.63) is 59.4 Å². The number of aromatic nitrogens is 2. The molecular formula is C15H14ClN3O. The van der Waals surface area contributed by atoms with Gasteiger partial charge in [0.05, 0.1) is 0 Å². The Morgan fingerprint density at radius 1 is 1.20 bits per heavy atom. The Morgan fingerprint density at radius 3 is 2.75 bits per heavy atom. The smallest absolute Gasteiger partial charge is 0.242 e. The van der Waals surface area contributed by atoms with Crippen LogP contribution in [0.1, 0.15) is 5.69 Å². The van der Waals surface area contributed by atoms with E-state index in [1.807, 2.05) is 48.0 Å². The minimum absolute atomic E-state index is 0.605. The summed E-state index contributed by atoms with van der Waals surface area (Å²) in [4.78, 5) is 4.52. The van der Waals surface area contributed by atoms with Crippen LogP contribution in [0.3, 0.4) is 0 Å². The molecule has 2 aromatic heterocycles. The molecule has 5 heteroatoms. The van der Waals surface area contributed by atoms with Crippen LogP contribution in [0.5, 0.6) is 11.6 Å². The third-order valence-electron chi connectivity index (χ3n) is 2.96. The average Bonchev–Trinajstić information content (AvgIpc) is 2.80. The molecule has 0 amide bonds. The summed E-state index contributed by atoms with van der Waals surface area (Å²) >= 11 is 5.87. The zero-order valence-electron chi connectivity index (χ0n) is 11.0. The monoisotopic (exact) mass is 287 g/mol. The lowest BCUT2D eigenvalue weighted by molar-refractivity contribution is 0.457. The Kier molecular flexibility index (Phi) is 3.58. The van der Waals surface area contributed by atoms with Crippen molar-refractivity contribution in [2.45, 2.75) is 6.54 Å². The van der Waals surface area contributed by atoms with E-state index in [1.165, 1.54) is 0 Å². The first-order chi connectivity index (χ1) is 9.78. The third-order valence-corrected chi connectivity index (χ3v) is 3.22. The molecule has 0 aliphatic heterocycles. The predicted octanol–water partition coefficient (Wildman–Crippen LogP) is 3.50. The second-order valence-corrected chi connectivity index (χ2v) is 4.82. The van der Waals surface area contributed by atoms with E-state index >= 15 is 0 Å². The Labute approximate surface area is 122 Å². The first-order valence-electron chi connectivity index (χ1n) is 6.32. The van der Waals surface area contributed by atoms with Gasteiger partial charge in [-0.05, 0) is 43.4 Å². The normalized spacial score (nSPS) is 10.9. The standard InChI is InChI=1S/C15H14ClN3O/c1-17-10-13-15(18-14-4-2-3-9-19(13)14)20-12-7-5-11(16)6-8-12/h2-9,17H,10H2,1H3. The molecule has 0 aliphatic rings. The number of fused-ring (bicyclic) bond motifs is 1. The first kappa shape index (κ1) is 13.0. The van der Waals surface area contributed by atoms with Gasteiger partial charge in [0.1, 0.15) is 17.1 Å². The van der Waals surface area contributed by atoms with Crippen LogP contribution in [0.4, 0.5) is 0 Å². The molecule has 0 atom stereocenters. The maximum absolute atomic E-state index is 5.87. The molecule has 0 fully saturated rings. The number of benzene rings is 1. The lowest BCUT2D eigenvalue weighted by atomic mass is 10.3.